The summed E-state index contributed by atoms with van der Waals surface area (Å²) in [6, 6.07) is 0. The van der Waals surface area contributed by atoms with Crippen molar-refractivity contribution in [1.29, 1.82) is 0 Å². The van der Waals surface area contributed by atoms with Crippen LogP contribution in [-0.2, 0) is 9.84 Å². The van der Waals surface area contributed by atoms with E-state index in [1.807, 2.05) is 0 Å². The molecule has 0 N–H and O–H groups in total. The molecule has 0 rings (SSSR count). The summed E-state index contributed by atoms with van der Waals surface area (Å²) in [6.07, 6.45) is -7.20. The molecule has 0 aromatic carbocycles. The number of rotatable bonds is 4. The van der Waals surface area contributed by atoms with E-state index in [4.69, 9.17) is 0 Å². The molecule has 110 valence electrons. The Morgan fingerprint density at radius 1 is 0.889 bits per heavy atom. The zero-order valence-electron chi connectivity index (χ0n) is 9.58. The number of hydrogen-bond donors (Lipinski definition) is 0. The molecule has 0 aromatic rings. The predicted molar refractivity (Wildman–Crippen MR) is 49.2 cm³/mol. The summed E-state index contributed by atoms with van der Waals surface area (Å²) in [7, 11) is -6.03. The summed E-state index contributed by atoms with van der Waals surface area (Å²) in [5.74, 6) is -6.65. The van der Waals surface area contributed by atoms with Crippen LogP contribution in [-0.4, -0.2) is 30.5 Å². The van der Waals surface area contributed by atoms with Crippen LogP contribution in [0.25, 0.3) is 0 Å². The molecule has 0 fully saturated rings. The maximum Gasteiger partial charge on any atom is 0.461 e. The van der Waals surface area contributed by atoms with Gasteiger partial charge in [0.2, 0.25) is 9.84 Å². The highest BCUT2D eigenvalue weighted by atomic mass is 32.2. The first-order chi connectivity index (χ1) is 7.56. The van der Waals surface area contributed by atoms with Gasteiger partial charge in [0.05, 0.1) is 4.75 Å². The summed E-state index contributed by atoms with van der Waals surface area (Å²) >= 11 is 0. The van der Waals surface area contributed by atoms with Gasteiger partial charge < -0.3 is 0 Å². The molecule has 0 atom stereocenters. The lowest BCUT2D eigenvalue weighted by Crippen LogP contribution is -2.60. The summed E-state index contributed by atoms with van der Waals surface area (Å²) in [4.78, 5) is 0. The van der Waals surface area contributed by atoms with Crippen molar-refractivity contribution in [1.82, 2.24) is 0 Å². The normalized spacial score (nSPS) is 15.9. The number of hydrogen-bond acceptors (Lipinski definition) is 2. The molecule has 2 nitrogen and oxygen atoms in total. The lowest BCUT2D eigenvalue weighted by Gasteiger charge is -2.33. The highest BCUT2D eigenvalue weighted by molar-refractivity contribution is 7.93. The van der Waals surface area contributed by atoms with E-state index in [-0.39, 0.29) is 0 Å². The van der Waals surface area contributed by atoms with Gasteiger partial charge in [0.1, 0.15) is 0 Å². The van der Waals surface area contributed by atoms with Crippen LogP contribution in [0.1, 0.15) is 27.2 Å². The highest BCUT2D eigenvalue weighted by Crippen LogP contribution is 2.51. The quantitative estimate of drug-likeness (QED) is 0.746. The van der Waals surface area contributed by atoms with Crippen molar-refractivity contribution in [3.63, 3.8) is 0 Å². The average Bonchev–Trinajstić information content (AvgIpc) is 2.15. The lowest BCUT2D eigenvalue weighted by atomic mass is 10.1. The van der Waals surface area contributed by atoms with E-state index >= 15 is 0 Å². The molecule has 0 bridgehead atoms. The third kappa shape index (κ3) is 2.19. The second-order valence-corrected chi connectivity index (χ2v) is 6.83. The third-order valence-electron chi connectivity index (χ3n) is 2.64. The van der Waals surface area contributed by atoms with Gasteiger partial charge >= 0.3 is 17.4 Å². The van der Waals surface area contributed by atoms with Crippen LogP contribution >= 0.6 is 0 Å². The summed E-state index contributed by atoms with van der Waals surface area (Å²) in [5.41, 5.74) is 0. The molecule has 0 spiro atoms. The van der Waals surface area contributed by atoms with Crippen LogP contribution in [0.3, 0.4) is 0 Å². The summed E-state index contributed by atoms with van der Waals surface area (Å²) in [5, 5.41) is -6.22. The average molecular weight is 304 g/mol. The fraction of sp³-hybridized carbons (Fsp3) is 1.00. The molecule has 0 amide bonds. The van der Waals surface area contributed by atoms with Gasteiger partial charge in [-0.15, -0.1) is 0 Å². The van der Waals surface area contributed by atoms with Crippen LogP contribution in [0.5, 0.6) is 0 Å². The Morgan fingerprint density at radius 2 is 1.22 bits per heavy atom. The van der Waals surface area contributed by atoms with E-state index in [0.29, 0.717) is 13.8 Å². The van der Waals surface area contributed by atoms with Gasteiger partial charge in [0, 0.05) is 0 Å². The van der Waals surface area contributed by atoms with Gasteiger partial charge in [-0.3, -0.25) is 0 Å². The first-order valence-electron chi connectivity index (χ1n) is 4.63. The van der Waals surface area contributed by atoms with E-state index in [0.717, 1.165) is 6.92 Å². The van der Waals surface area contributed by atoms with E-state index < -0.39 is 38.4 Å². The van der Waals surface area contributed by atoms with Crippen molar-refractivity contribution >= 4 is 9.84 Å². The molecule has 0 radical (unpaired) electrons. The predicted octanol–water partition coefficient (Wildman–Crippen LogP) is 3.38. The number of alkyl halides is 7. The molecule has 0 saturated carbocycles. The molecular weight excluding hydrogens is 293 g/mol. The largest absolute Gasteiger partial charge is 0.461 e. The molecule has 0 unspecified atom stereocenters. The minimum absolute atomic E-state index is 0.543. The Bertz CT molecular complexity index is 408. The molecule has 0 aliphatic carbocycles. The fourth-order valence-electron chi connectivity index (χ4n) is 0.871. The van der Waals surface area contributed by atoms with Gasteiger partial charge in [-0.25, -0.2) is 8.42 Å². The minimum atomic E-state index is -6.66. The zero-order valence-corrected chi connectivity index (χ0v) is 10.4. The summed E-state index contributed by atoms with van der Waals surface area (Å²) in [6.45, 7) is 2.39. The van der Waals surface area contributed by atoms with Crippen LogP contribution in [0.2, 0.25) is 0 Å². The standard InChI is InChI=1S/C8H11F7O2S/c1-4-5(2,3)18(16,17)8(14,15)6(9,10)7(11,12)13/h4H2,1-3H3. The number of halogens is 7. The first kappa shape index (κ1) is 17.5. The van der Waals surface area contributed by atoms with Crippen LogP contribution in [0.15, 0.2) is 0 Å². The van der Waals surface area contributed by atoms with Gasteiger partial charge in [-0.2, -0.15) is 30.7 Å². The Balaban J connectivity index is 5.98. The highest BCUT2D eigenvalue weighted by Gasteiger charge is 2.79. The lowest BCUT2D eigenvalue weighted by molar-refractivity contribution is -0.332. The Kier molecular flexibility index (Phi) is 4.11. The second-order valence-electron chi connectivity index (χ2n) is 4.21. The van der Waals surface area contributed by atoms with E-state index in [1.54, 1.807) is 0 Å². The van der Waals surface area contributed by atoms with Crippen LogP contribution in [0.4, 0.5) is 30.7 Å². The Morgan fingerprint density at radius 3 is 1.44 bits per heavy atom. The van der Waals surface area contributed by atoms with Crippen molar-refractivity contribution in [3.8, 4) is 0 Å². The zero-order chi connectivity index (χ0) is 15.2. The van der Waals surface area contributed by atoms with Gasteiger partial charge in [0.15, 0.2) is 0 Å². The fourth-order valence-corrected chi connectivity index (χ4v) is 2.40. The monoisotopic (exact) mass is 304 g/mol. The second kappa shape index (κ2) is 4.24. The molecule has 10 heteroatoms. The van der Waals surface area contributed by atoms with Crippen LogP contribution in [0, 0.1) is 0 Å². The first-order valence-corrected chi connectivity index (χ1v) is 6.11. The Labute approximate surface area is 99.1 Å². The molecule has 0 heterocycles. The Hall–Kier alpha value is -0.540. The van der Waals surface area contributed by atoms with Crippen molar-refractivity contribution < 1.29 is 39.2 Å². The van der Waals surface area contributed by atoms with Gasteiger partial charge in [-0.05, 0) is 20.3 Å². The minimum Gasteiger partial charge on any atom is -0.222 e. The molecule has 18 heavy (non-hydrogen) atoms. The van der Waals surface area contributed by atoms with Crippen molar-refractivity contribution in [2.45, 2.75) is 49.3 Å². The van der Waals surface area contributed by atoms with Crippen molar-refractivity contribution in [2.24, 2.45) is 0 Å². The molecule has 0 aliphatic rings. The maximum atomic E-state index is 13.1. The van der Waals surface area contributed by atoms with E-state index in [1.165, 1.54) is 0 Å². The van der Waals surface area contributed by atoms with E-state index in [2.05, 4.69) is 0 Å². The number of sulfone groups is 1. The van der Waals surface area contributed by atoms with Crippen LogP contribution < -0.4 is 0 Å². The molecule has 0 aromatic heterocycles. The van der Waals surface area contributed by atoms with Crippen molar-refractivity contribution in [3.05, 3.63) is 0 Å². The van der Waals surface area contributed by atoms with Gasteiger partial charge in [0.25, 0.3) is 0 Å². The van der Waals surface area contributed by atoms with Gasteiger partial charge in [-0.1, -0.05) is 6.92 Å². The maximum absolute atomic E-state index is 13.1. The smallest absolute Gasteiger partial charge is 0.222 e. The topological polar surface area (TPSA) is 34.1 Å². The molecular formula is C8H11F7O2S. The molecule has 0 aliphatic heterocycles. The van der Waals surface area contributed by atoms with Crippen molar-refractivity contribution in [2.75, 3.05) is 0 Å². The third-order valence-corrected chi connectivity index (χ3v) is 5.31. The van der Waals surface area contributed by atoms with E-state index in [9.17, 15) is 39.2 Å². The molecule has 0 saturated heterocycles. The SMILES string of the molecule is CCC(C)(C)S(=O)(=O)C(F)(F)C(F)(F)C(F)(F)F. The summed E-state index contributed by atoms with van der Waals surface area (Å²) < 4.78 is 107.